The number of carbonyl (C=O) groups excluding carboxylic acids is 2. The fourth-order valence-corrected chi connectivity index (χ4v) is 1.92. The number of benzene rings is 2. The number of esters is 1. The maximum atomic E-state index is 12.8. The number of hydrogen-bond acceptors (Lipinski definition) is 4. The molecule has 1 amide bonds. The first-order valence-corrected chi connectivity index (χ1v) is 7.57. The molecule has 0 aromatic heterocycles. The highest BCUT2D eigenvalue weighted by Gasteiger charge is 2.16. The molecule has 2 aromatic carbocycles. The molecule has 2 rings (SSSR count). The number of ether oxygens (including phenoxy) is 2. The van der Waals surface area contributed by atoms with E-state index in [9.17, 15) is 14.0 Å². The molecular weight excluding hydrogens is 325 g/mol. The summed E-state index contributed by atoms with van der Waals surface area (Å²) < 4.78 is 22.9. The first-order chi connectivity index (χ1) is 12.0. The lowest BCUT2D eigenvalue weighted by Gasteiger charge is -2.12. The molecule has 0 fully saturated rings. The molecule has 0 unspecified atom stereocenters. The quantitative estimate of drug-likeness (QED) is 0.645. The van der Waals surface area contributed by atoms with Crippen molar-refractivity contribution < 1.29 is 23.5 Å². The summed E-state index contributed by atoms with van der Waals surface area (Å²) >= 11 is 0. The van der Waals surface area contributed by atoms with E-state index in [0.29, 0.717) is 11.4 Å². The van der Waals surface area contributed by atoms with Gasteiger partial charge in [0, 0.05) is 11.8 Å². The van der Waals surface area contributed by atoms with Crippen LogP contribution in [0.25, 0.3) is 6.08 Å². The van der Waals surface area contributed by atoms with Crippen molar-refractivity contribution in [3.8, 4) is 5.75 Å². The molecule has 0 aliphatic heterocycles. The third kappa shape index (κ3) is 5.76. The maximum Gasteiger partial charge on any atom is 0.331 e. The Morgan fingerprint density at radius 2 is 1.72 bits per heavy atom. The zero-order valence-electron chi connectivity index (χ0n) is 13.9. The molecule has 25 heavy (non-hydrogen) atoms. The minimum Gasteiger partial charge on any atom is -0.497 e. The molecule has 0 aliphatic carbocycles. The molecule has 0 saturated heterocycles. The molecule has 1 atom stereocenters. The fourth-order valence-electron chi connectivity index (χ4n) is 1.92. The van der Waals surface area contributed by atoms with E-state index >= 15 is 0 Å². The minimum atomic E-state index is -0.988. The van der Waals surface area contributed by atoms with Crippen LogP contribution in [0.5, 0.6) is 5.75 Å². The monoisotopic (exact) mass is 343 g/mol. The average molecular weight is 343 g/mol. The van der Waals surface area contributed by atoms with Gasteiger partial charge in [-0.25, -0.2) is 9.18 Å². The predicted octanol–water partition coefficient (Wildman–Crippen LogP) is 3.42. The Hall–Kier alpha value is -3.15. The van der Waals surface area contributed by atoms with Crippen LogP contribution in [-0.2, 0) is 14.3 Å². The third-order valence-electron chi connectivity index (χ3n) is 3.30. The summed E-state index contributed by atoms with van der Waals surface area (Å²) in [5.41, 5.74) is 1.21. The molecule has 1 N–H and O–H groups in total. The van der Waals surface area contributed by atoms with Gasteiger partial charge in [0.2, 0.25) is 0 Å². The minimum absolute atomic E-state index is 0.402. The lowest BCUT2D eigenvalue weighted by atomic mass is 10.2. The smallest absolute Gasteiger partial charge is 0.331 e. The van der Waals surface area contributed by atoms with Gasteiger partial charge in [-0.15, -0.1) is 0 Å². The number of amides is 1. The normalized spacial score (nSPS) is 11.8. The molecule has 0 bridgehead atoms. The second-order valence-corrected chi connectivity index (χ2v) is 5.18. The Balaban J connectivity index is 1.86. The van der Waals surface area contributed by atoms with E-state index in [2.05, 4.69) is 5.32 Å². The van der Waals surface area contributed by atoms with Gasteiger partial charge >= 0.3 is 5.97 Å². The first kappa shape index (κ1) is 18.2. The van der Waals surface area contributed by atoms with Crippen LogP contribution in [0.4, 0.5) is 10.1 Å². The summed E-state index contributed by atoms with van der Waals surface area (Å²) in [5, 5.41) is 2.54. The van der Waals surface area contributed by atoms with E-state index in [1.165, 1.54) is 37.3 Å². The van der Waals surface area contributed by atoms with E-state index in [1.807, 2.05) is 0 Å². The number of methoxy groups -OCH3 is 1. The van der Waals surface area contributed by atoms with Crippen LogP contribution in [0, 0.1) is 5.82 Å². The highest BCUT2D eigenvalue weighted by molar-refractivity contribution is 5.96. The van der Waals surface area contributed by atoms with Crippen molar-refractivity contribution in [3.05, 3.63) is 66.0 Å². The topological polar surface area (TPSA) is 64.6 Å². The lowest BCUT2D eigenvalue weighted by molar-refractivity contribution is -0.148. The Morgan fingerprint density at radius 1 is 1.08 bits per heavy atom. The van der Waals surface area contributed by atoms with Crippen LogP contribution in [-0.4, -0.2) is 25.1 Å². The van der Waals surface area contributed by atoms with Crippen molar-refractivity contribution in [2.75, 3.05) is 12.4 Å². The van der Waals surface area contributed by atoms with Crippen LogP contribution < -0.4 is 10.1 Å². The highest BCUT2D eigenvalue weighted by Crippen LogP contribution is 2.13. The Kier molecular flexibility index (Phi) is 6.28. The molecule has 0 saturated carbocycles. The second-order valence-electron chi connectivity index (χ2n) is 5.18. The van der Waals surface area contributed by atoms with Gasteiger partial charge in [-0.1, -0.05) is 12.1 Å². The molecule has 2 aromatic rings. The van der Waals surface area contributed by atoms with Gasteiger partial charge < -0.3 is 14.8 Å². The van der Waals surface area contributed by atoms with Crippen LogP contribution in [0.1, 0.15) is 12.5 Å². The van der Waals surface area contributed by atoms with E-state index < -0.39 is 23.8 Å². The number of rotatable bonds is 6. The van der Waals surface area contributed by atoms with Crippen molar-refractivity contribution in [2.45, 2.75) is 13.0 Å². The number of carbonyl (C=O) groups is 2. The predicted molar refractivity (Wildman–Crippen MR) is 92.6 cm³/mol. The van der Waals surface area contributed by atoms with Gasteiger partial charge in [-0.2, -0.15) is 0 Å². The van der Waals surface area contributed by atoms with Crippen molar-refractivity contribution in [3.63, 3.8) is 0 Å². The van der Waals surface area contributed by atoms with Gasteiger partial charge in [0.1, 0.15) is 11.6 Å². The summed E-state index contributed by atoms with van der Waals surface area (Å²) in [6.45, 7) is 1.46. The van der Waals surface area contributed by atoms with E-state index in [4.69, 9.17) is 9.47 Å². The van der Waals surface area contributed by atoms with E-state index in [1.54, 1.807) is 37.5 Å². The largest absolute Gasteiger partial charge is 0.497 e. The molecule has 0 aliphatic rings. The summed E-state index contributed by atoms with van der Waals surface area (Å²) in [5.74, 6) is -0.831. The molecule has 0 radical (unpaired) electrons. The number of halogens is 1. The zero-order chi connectivity index (χ0) is 18.2. The van der Waals surface area contributed by atoms with Crippen molar-refractivity contribution >= 4 is 23.6 Å². The van der Waals surface area contributed by atoms with Gasteiger partial charge in [0.05, 0.1) is 7.11 Å². The SMILES string of the molecule is COc1ccc(/C=C/C(=O)O[C@H](C)C(=O)Nc2ccc(F)cc2)cc1. The van der Waals surface area contributed by atoms with Gasteiger partial charge in [0.25, 0.3) is 5.91 Å². The number of hydrogen-bond donors (Lipinski definition) is 1. The molecule has 0 heterocycles. The molecule has 5 nitrogen and oxygen atoms in total. The van der Waals surface area contributed by atoms with Crippen molar-refractivity contribution in [1.82, 2.24) is 0 Å². The summed E-state index contributed by atoms with van der Waals surface area (Å²) in [6.07, 6.45) is 1.83. The molecule has 0 spiro atoms. The summed E-state index contributed by atoms with van der Waals surface area (Å²) in [7, 11) is 1.57. The maximum absolute atomic E-state index is 12.8. The van der Waals surface area contributed by atoms with E-state index in [-0.39, 0.29) is 0 Å². The van der Waals surface area contributed by atoms with Crippen LogP contribution in [0.3, 0.4) is 0 Å². The van der Waals surface area contributed by atoms with Crippen LogP contribution in [0.15, 0.2) is 54.6 Å². The zero-order valence-corrected chi connectivity index (χ0v) is 13.9. The van der Waals surface area contributed by atoms with Crippen LogP contribution in [0.2, 0.25) is 0 Å². The Bertz CT molecular complexity index is 754. The van der Waals surface area contributed by atoms with Crippen LogP contribution >= 0.6 is 0 Å². The first-order valence-electron chi connectivity index (χ1n) is 7.57. The molecule has 130 valence electrons. The van der Waals surface area contributed by atoms with Gasteiger partial charge in [-0.3, -0.25) is 4.79 Å². The van der Waals surface area contributed by atoms with Gasteiger partial charge in [-0.05, 0) is 55.0 Å². The lowest BCUT2D eigenvalue weighted by Crippen LogP contribution is -2.29. The summed E-state index contributed by atoms with van der Waals surface area (Å²) in [6, 6.07) is 12.4. The van der Waals surface area contributed by atoms with Crippen molar-refractivity contribution in [2.24, 2.45) is 0 Å². The fraction of sp³-hybridized carbons (Fsp3) is 0.158. The third-order valence-corrected chi connectivity index (χ3v) is 3.30. The summed E-state index contributed by atoms with van der Waals surface area (Å²) in [4.78, 5) is 23.7. The average Bonchev–Trinajstić information content (AvgIpc) is 2.62. The molecule has 6 heteroatoms. The van der Waals surface area contributed by atoms with E-state index in [0.717, 1.165) is 5.56 Å². The number of anilines is 1. The number of nitrogens with one attached hydrogen (secondary N) is 1. The van der Waals surface area contributed by atoms with Gasteiger partial charge in [0.15, 0.2) is 6.10 Å². The Morgan fingerprint density at radius 3 is 2.32 bits per heavy atom. The van der Waals surface area contributed by atoms with Crippen molar-refractivity contribution in [1.29, 1.82) is 0 Å². The Labute approximate surface area is 145 Å². The second kappa shape index (κ2) is 8.63. The standard InChI is InChI=1S/C19H18FNO4/c1-13(19(23)21-16-8-6-15(20)7-9-16)25-18(22)12-5-14-3-10-17(24-2)11-4-14/h3-13H,1-2H3,(H,21,23)/b12-5+/t13-/m1/s1. The molecular formula is C19H18FNO4. The highest BCUT2D eigenvalue weighted by atomic mass is 19.1.